The van der Waals surface area contributed by atoms with Crippen molar-refractivity contribution in [1.29, 1.82) is 0 Å². The molecule has 0 spiro atoms. The van der Waals surface area contributed by atoms with E-state index in [0.29, 0.717) is 29.3 Å². The minimum Gasteiger partial charge on any atom is -0.486 e. The van der Waals surface area contributed by atoms with Gasteiger partial charge in [-0.25, -0.2) is 0 Å². The van der Waals surface area contributed by atoms with Crippen LogP contribution in [0, 0.1) is 0 Å². The fraction of sp³-hybridized carbons (Fsp3) is 0.312. The van der Waals surface area contributed by atoms with E-state index in [9.17, 15) is 13.2 Å². The Labute approximate surface area is 156 Å². The number of fused-ring (bicyclic) bond motifs is 3. The summed E-state index contributed by atoms with van der Waals surface area (Å²) in [4.78, 5) is 1.95. The van der Waals surface area contributed by atoms with Crippen LogP contribution in [0.25, 0.3) is 17.0 Å². The summed E-state index contributed by atoms with van der Waals surface area (Å²) in [5.74, 6) is 0.265. The second-order valence-electron chi connectivity index (χ2n) is 6.07. The summed E-state index contributed by atoms with van der Waals surface area (Å²) in [7, 11) is 1.87. The molecule has 0 N–H and O–H groups in total. The molecular formula is C16H13ClF3N5O2. The van der Waals surface area contributed by atoms with Gasteiger partial charge in [0.25, 0.3) is 0 Å². The van der Waals surface area contributed by atoms with Crippen molar-refractivity contribution in [2.45, 2.75) is 19.3 Å². The van der Waals surface area contributed by atoms with E-state index in [1.54, 1.807) is 6.07 Å². The standard InChI is InChI=1S/C16H13ClF3N5O2/c1-8-7-26-12-11(24(8)2)15-22-21-14(25(15)23-13(12)17)9-4-3-5-10(6-9)27-16(18,19)20/h3-6,8H,7H2,1-2H3/t8-/m0/s1. The van der Waals surface area contributed by atoms with Gasteiger partial charge in [0.1, 0.15) is 18.0 Å². The van der Waals surface area contributed by atoms with E-state index in [0.717, 1.165) is 0 Å². The summed E-state index contributed by atoms with van der Waals surface area (Å²) in [6.07, 6.45) is -4.79. The maximum Gasteiger partial charge on any atom is 0.573 e. The highest BCUT2D eigenvalue weighted by Gasteiger charge is 2.32. The molecule has 3 aromatic rings. The van der Waals surface area contributed by atoms with Crippen molar-refractivity contribution in [1.82, 2.24) is 19.8 Å². The molecule has 142 valence electrons. The third kappa shape index (κ3) is 3.09. The summed E-state index contributed by atoms with van der Waals surface area (Å²) >= 11 is 6.26. The lowest BCUT2D eigenvalue weighted by Crippen LogP contribution is -2.38. The molecule has 1 aliphatic heterocycles. The number of aromatic nitrogens is 4. The van der Waals surface area contributed by atoms with E-state index in [1.807, 2.05) is 18.9 Å². The number of halogens is 4. The van der Waals surface area contributed by atoms with Crippen LogP contribution < -0.4 is 14.4 Å². The number of hydrogen-bond donors (Lipinski definition) is 0. The molecule has 0 saturated carbocycles. The second kappa shape index (κ2) is 6.15. The predicted molar refractivity (Wildman–Crippen MR) is 91.3 cm³/mol. The first-order valence-corrected chi connectivity index (χ1v) is 8.29. The molecule has 1 atom stereocenters. The third-order valence-electron chi connectivity index (χ3n) is 4.25. The van der Waals surface area contributed by atoms with Crippen LogP contribution in [0.1, 0.15) is 6.92 Å². The first kappa shape index (κ1) is 17.7. The average Bonchev–Trinajstić information content (AvgIpc) is 3.00. The van der Waals surface area contributed by atoms with Crippen molar-refractivity contribution in [2.24, 2.45) is 0 Å². The Morgan fingerprint density at radius 3 is 2.81 bits per heavy atom. The maximum absolute atomic E-state index is 12.5. The normalized spacial score (nSPS) is 17.0. The molecule has 7 nitrogen and oxygen atoms in total. The van der Waals surface area contributed by atoms with Crippen molar-refractivity contribution < 1.29 is 22.6 Å². The Bertz CT molecular complexity index is 1020. The number of alkyl halides is 3. The van der Waals surface area contributed by atoms with Gasteiger partial charge in [0.05, 0.1) is 6.04 Å². The monoisotopic (exact) mass is 399 g/mol. The molecule has 11 heteroatoms. The van der Waals surface area contributed by atoms with Gasteiger partial charge < -0.3 is 14.4 Å². The van der Waals surface area contributed by atoms with Crippen LogP contribution >= 0.6 is 11.6 Å². The van der Waals surface area contributed by atoms with Crippen molar-refractivity contribution in [3.63, 3.8) is 0 Å². The Balaban J connectivity index is 1.86. The van der Waals surface area contributed by atoms with E-state index in [4.69, 9.17) is 16.3 Å². The molecule has 0 fully saturated rings. The minimum absolute atomic E-state index is 0.0726. The zero-order chi connectivity index (χ0) is 19.3. The highest BCUT2D eigenvalue weighted by Crippen LogP contribution is 2.41. The minimum atomic E-state index is -4.79. The molecule has 0 radical (unpaired) electrons. The first-order valence-electron chi connectivity index (χ1n) is 7.91. The molecule has 1 aromatic carbocycles. The molecule has 1 aliphatic rings. The highest BCUT2D eigenvalue weighted by molar-refractivity contribution is 6.31. The number of nitrogens with zero attached hydrogens (tertiary/aromatic N) is 5. The summed E-state index contributed by atoms with van der Waals surface area (Å²) < 4.78 is 48.5. The predicted octanol–water partition coefficient (Wildman–Crippen LogP) is 3.56. The number of anilines is 1. The smallest absolute Gasteiger partial charge is 0.486 e. The van der Waals surface area contributed by atoms with Crippen molar-refractivity contribution in [3.05, 3.63) is 29.4 Å². The van der Waals surface area contributed by atoms with Gasteiger partial charge in [-0.3, -0.25) is 0 Å². The van der Waals surface area contributed by atoms with E-state index in [2.05, 4.69) is 20.0 Å². The lowest BCUT2D eigenvalue weighted by molar-refractivity contribution is -0.274. The molecule has 0 aliphatic carbocycles. The van der Waals surface area contributed by atoms with E-state index in [1.165, 1.54) is 22.7 Å². The number of hydrogen-bond acceptors (Lipinski definition) is 6. The zero-order valence-corrected chi connectivity index (χ0v) is 14.9. The van der Waals surface area contributed by atoms with Crippen LogP contribution in [0.5, 0.6) is 11.5 Å². The molecule has 0 saturated heterocycles. The van der Waals surface area contributed by atoms with Gasteiger partial charge >= 0.3 is 6.36 Å². The largest absolute Gasteiger partial charge is 0.573 e. The summed E-state index contributed by atoms with van der Waals surface area (Å²) in [5, 5.41) is 12.6. The summed E-state index contributed by atoms with van der Waals surface area (Å²) in [6.45, 7) is 2.42. The lowest BCUT2D eigenvalue weighted by atomic mass is 10.2. The van der Waals surface area contributed by atoms with Crippen LogP contribution in [0.3, 0.4) is 0 Å². The lowest BCUT2D eigenvalue weighted by Gasteiger charge is -2.33. The fourth-order valence-corrected chi connectivity index (χ4v) is 3.07. The van der Waals surface area contributed by atoms with Gasteiger partial charge in [-0.1, -0.05) is 23.7 Å². The number of likely N-dealkylation sites (N-methyl/N-ethyl adjacent to an activating group) is 1. The SMILES string of the molecule is C[C@H]1COc2c(Cl)nn3c(-c4cccc(OC(F)(F)F)c4)nnc3c2N1C. The zero-order valence-electron chi connectivity index (χ0n) is 14.2. The Morgan fingerprint density at radius 2 is 2.07 bits per heavy atom. The van der Waals surface area contributed by atoms with Gasteiger partial charge in [0.15, 0.2) is 16.7 Å². The Morgan fingerprint density at radius 1 is 1.30 bits per heavy atom. The average molecular weight is 400 g/mol. The van der Waals surface area contributed by atoms with Crippen molar-refractivity contribution >= 4 is 22.9 Å². The first-order chi connectivity index (χ1) is 12.7. The summed E-state index contributed by atoms with van der Waals surface area (Å²) in [6, 6.07) is 5.49. The molecule has 2 aromatic heterocycles. The second-order valence-corrected chi connectivity index (χ2v) is 6.43. The van der Waals surface area contributed by atoms with Gasteiger partial charge in [0.2, 0.25) is 5.65 Å². The number of ether oxygens (including phenoxy) is 2. The van der Waals surface area contributed by atoms with Crippen molar-refractivity contribution in [2.75, 3.05) is 18.6 Å². The number of rotatable bonds is 2. The van der Waals surface area contributed by atoms with E-state index >= 15 is 0 Å². The van der Waals surface area contributed by atoms with Crippen LogP contribution in [-0.4, -0.2) is 45.9 Å². The van der Waals surface area contributed by atoms with Gasteiger partial charge in [-0.05, 0) is 19.1 Å². The van der Waals surface area contributed by atoms with Gasteiger partial charge in [-0.2, -0.15) is 4.52 Å². The molecule has 0 unspecified atom stereocenters. The van der Waals surface area contributed by atoms with Gasteiger partial charge in [-0.15, -0.1) is 28.5 Å². The molecule has 3 heterocycles. The van der Waals surface area contributed by atoms with Gasteiger partial charge in [0, 0.05) is 12.6 Å². The number of benzene rings is 1. The van der Waals surface area contributed by atoms with Crippen molar-refractivity contribution in [3.8, 4) is 22.9 Å². The van der Waals surface area contributed by atoms with Crippen LogP contribution in [0.4, 0.5) is 18.9 Å². The fourth-order valence-electron chi connectivity index (χ4n) is 2.85. The van der Waals surface area contributed by atoms with E-state index in [-0.39, 0.29) is 22.8 Å². The molecule has 0 amide bonds. The Kier molecular flexibility index (Phi) is 4.02. The molecule has 0 bridgehead atoms. The summed E-state index contributed by atoms with van der Waals surface area (Å²) in [5.41, 5.74) is 1.36. The maximum atomic E-state index is 12.5. The quantitative estimate of drug-likeness (QED) is 0.656. The Hall–Kier alpha value is -2.75. The molecule has 4 rings (SSSR count). The molecule has 27 heavy (non-hydrogen) atoms. The van der Waals surface area contributed by atoms with Crippen LogP contribution in [0.15, 0.2) is 24.3 Å². The third-order valence-corrected chi connectivity index (χ3v) is 4.50. The molecular weight excluding hydrogens is 387 g/mol. The van der Waals surface area contributed by atoms with E-state index < -0.39 is 6.36 Å². The van der Waals surface area contributed by atoms with Crippen LogP contribution in [0.2, 0.25) is 5.15 Å². The highest BCUT2D eigenvalue weighted by atomic mass is 35.5. The van der Waals surface area contributed by atoms with Crippen LogP contribution in [-0.2, 0) is 0 Å². The topological polar surface area (TPSA) is 64.8 Å².